The lowest BCUT2D eigenvalue weighted by molar-refractivity contribution is 0.102. The average Bonchev–Trinajstić information content (AvgIpc) is 3.25. The van der Waals surface area contributed by atoms with Crippen molar-refractivity contribution in [2.75, 3.05) is 33.3 Å². The molecule has 2 aromatic carbocycles. The number of nitrogens with zero attached hydrogens (tertiary/aromatic N) is 1. The molecule has 30 heavy (non-hydrogen) atoms. The Labute approximate surface area is 179 Å². The zero-order chi connectivity index (χ0) is 21.5. The van der Waals surface area contributed by atoms with Crippen molar-refractivity contribution in [3.05, 3.63) is 47.3 Å². The lowest BCUT2D eigenvalue weighted by atomic mass is 10.1. The Morgan fingerprint density at radius 1 is 1.03 bits per heavy atom. The fourth-order valence-corrected chi connectivity index (χ4v) is 3.50. The number of thiazole rings is 1. The van der Waals surface area contributed by atoms with Gasteiger partial charge in [-0.3, -0.25) is 10.1 Å². The van der Waals surface area contributed by atoms with Crippen LogP contribution in [0.1, 0.15) is 23.7 Å². The van der Waals surface area contributed by atoms with Crippen LogP contribution in [0.25, 0.3) is 11.3 Å². The van der Waals surface area contributed by atoms with Gasteiger partial charge in [0.05, 0.1) is 33.6 Å². The minimum absolute atomic E-state index is 0.321. The Hall–Kier alpha value is -3.26. The number of hydrogen-bond acceptors (Lipinski definition) is 7. The molecule has 0 bridgehead atoms. The molecule has 0 aliphatic carbocycles. The van der Waals surface area contributed by atoms with E-state index in [1.54, 1.807) is 12.1 Å². The molecule has 0 saturated heterocycles. The van der Waals surface area contributed by atoms with Crippen molar-refractivity contribution in [2.24, 2.45) is 0 Å². The molecular weight excluding hydrogens is 404 g/mol. The Morgan fingerprint density at radius 3 is 2.27 bits per heavy atom. The molecule has 0 aliphatic rings. The normalized spacial score (nSPS) is 10.4. The van der Waals surface area contributed by atoms with Gasteiger partial charge in [-0.1, -0.05) is 6.92 Å². The van der Waals surface area contributed by atoms with E-state index in [1.165, 1.54) is 32.7 Å². The van der Waals surface area contributed by atoms with Crippen LogP contribution in [0.3, 0.4) is 0 Å². The number of carbonyl (C=O) groups excluding carboxylic acids is 1. The zero-order valence-electron chi connectivity index (χ0n) is 17.4. The van der Waals surface area contributed by atoms with Gasteiger partial charge in [-0.15, -0.1) is 11.3 Å². The third-order valence-electron chi connectivity index (χ3n) is 4.27. The molecule has 1 aromatic heterocycles. The van der Waals surface area contributed by atoms with Crippen molar-refractivity contribution in [1.29, 1.82) is 0 Å². The summed E-state index contributed by atoms with van der Waals surface area (Å²) in [6, 6.07) is 10.9. The molecule has 0 saturated carbocycles. The number of amides is 1. The Kier molecular flexibility index (Phi) is 7.13. The number of anilines is 1. The van der Waals surface area contributed by atoms with Crippen molar-refractivity contribution in [3.8, 4) is 34.3 Å². The van der Waals surface area contributed by atoms with Gasteiger partial charge < -0.3 is 18.9 Å². The Morgan fingerprint density at radius 2 is 1.70 bits per heavy atom. The number of aromatic nitrogens is 1. The van der Waals surface area contributed by atoms with E-state index in [4.69, 9.17) is 18.9 Å². The third kappa shape index (κ3) is 4.83. The molecule has 1 amide bonds. The fourth-order valence-electron chi connectivity index (χ4n) is 2.79. The van der Waals surface area contributed by atoms with Crippen molar-refractivity contribution in [3.63, 3.8) is 0 Å². The van der Waals surface area contributed by atoms with Gasteiger partial charge >= 0.3 is 0 Å². The quantitative estimate of drug-likeness (QED) is 0.523. The van der Waals surface area contributed by atoms with Crippen LogP contribution in [-0.4, -0.2) is 38.8 Å². The largest absolute Gasteiger partial charge is 0.494 e. The van der Waals surface area contributed by atoms with Gasteiger partial charge in [-0.25, -0.2) is 4.98 Å². The minimum Gasteiger partial charge on any atom is -0.494 e. The summed E-state index contributed by atoms with van der Waals surface area (Å²) in [5.74, 6) is 1.75. The lowest BCUT2D eigenvalue weighted by Crippen LogP contribution is -2.12. The second-order valence-electron chi connectivity index (χ2n) is 6.28. The van der Waals surface area contributed by atoms with Crippen molar-refractivity contribution >= 4 is 22.4 Å². The van der Waals surface area contributed by atoms with E-state index in [2.05, 4.69) is 17.2 Å². The van der Waals surface area contributed by atoms with E-state index < -0.39 is 0 Å². The highest BCUT2D eigenvalue weighted by molar-refractivity contribution is 7.14. The van der Waals surface area contributed by atoms with Crippen LogP contribution in [0, 0.1) is 0 Å². The SMILES string of the molecule is CCCOc1ccc(-c2csc(NC(=O)c3cc(OC)c(OC)c(OC)c3)n2)cc1. The number of rotatable bonds is 9. The number of benzene rings is 2. The predicted octanol–water partition coefficient (Wildman–Crippen LogP) is 4.88. The van der Waals surface area contributed by atoms with E-state index in [0.29, 0.717) is 34.6 Å². The smallest absolute Gasteiger partial charge is 0.257 e. The van der Waals surface area contributed by atoms with Crippen LogP contribution in [0.2, 0.25) is 0 Å². The maximum absolute atomic E-state index is 12.7. The minimum atomic E-state index is -0.321. The first-order valence-corrected chi connectivity index (χ1v) is 10.3. The van der Waals surface area contributed by atoms with Crippen molar-refractivity contribution in [2.45, 2.75) is 13.3 Å². The maximum atomic E-state index is 12.7. The molecule has 158 valence electrons. The summed E-state index contributed by atoms with van der Waals surface area (Å²) in [7, 11) is 4.52. The van der Waals surface area contributed by atoms with Gasteiger partial charge in [0.2, 0.25) is 5.75 Å². The lowest BCUT2D eigenvalue weighted by Gasteiger charge is -2.13. The average molecular weight is 429 g/mol. The van der Waals surface area contributed by atoms with Crippen LogP contribution in [0.5, 0.6) is 23.0 Å². The van der Waals surface area contributed by atoms with E-state index in [0.717, 1.165) is 23.4 Å². The molecule has 8 heteroatoms. The molecule has 1 N–H and O–H groups in total. The first kappa shape index (κ1) is 21.4. The monoisotopic (exact) mass is 428 g/mol. The van der Waals surface area contributed by atoms with Gasteiger partial charge in [-0.05, 0) is 42.8 Å². The third-order valence-corrected chi connectivity index (χ3v) is 5.03. The summed E-state index contributed by atoms with van der Waals surface area (Å²) in [6.07, 6.45) is 0.961. The Bertz CT molecular complexity index is 976. The molecule has 3 aromatic rings. The number of hydrogen-bond donors (Lipinski definition) is 1. The van der Waals surface area contributed by atoms with E-state index in [1.807, 2.05) is 29.6 Å². The number of carbonyl (C=O) groups is 1. The van der Waals surface area contributed by atoms with Crippen LogP contribution in [-0.2, 0) is 0 Å². The first-order chi connectivity index (χ1) is 14.6. The summed E-state index contributed by atoms with van der Waals surface area (Å²) in [6.45, 7) is 2.75. The highest BCUT2D eigenvalue weighted by Crippen LogP contribution is 2.38. The summed E-state index contributed by atoms with van der Waals surface area (Å²) in [5, 5.41) is 5.21. The van der Waals surface area contributed by atoms with E-state index in [-0.39, 0.29) is 5.91 Å². The van der Waals surface area contributed by atoms with Crippen molar-refractivity contribution < 1.29 is 23.7 Å². The fraction of sp³-hybridized carbons (Fsp3) is 0.273. The zero-order valence-corrected chi connectivity index (χ0v) is 18.2. The summed E-state index contributed by atoms with van der Waals surface area (Å²) in [4.78, 5) is 17.2. The molecule has 3 rings (SSSR count). The summed E-state index contributed by atoms with van der Waals surface area (Å²) < 4.78 is 21.5. The first-order valence-electron chi connectivity index (χ1n) is 9.39. The number of ether oxygens (including phenoxy) is 4. The molecule has 0 unspecified atom stereocenters. The van der Waals surface area contributed by atoms with Crippen LogP contribution < -0.4 is 24.3 Å². The summed E-state index contributed by atoms with van der Waals surface area (Å²) >= 11 is 1.35. The van der Waals surface area contributed by atoms with Gasteiger partial charge in [0.15, 0.2) is 16.6 Å². The van der Waals surface area contributed by atoms with Crippen LogP contribution >= 0.6 is 11.3 Å². The van der Waals surface area contributed by atoms with Crippen LogP contribution in [0.15, 0.2) is 41.8 Å². The molecule has 1 heterocycles. The van der Waals surface area contributed by atoms with Gasteiger partial charge in [-0.2, -0.15) is 0 Å². The Balaban J connectivity index is 1.75. The predicted molar refractivity (Wildman–Crippen MR) is 117 cm³/mol. The van der Waals surface area contributed by atoms with Gasteiger partial charge in [0.25, 0.3) is 5.91 Å². The molecule has 0 fully saturated rings. The second-order valence-corrected chi connectivity index (χ2v) is 7.14. The topological polar surface area (TPSA) is 78.9 Å². The van der Waals surface area contributed by atoms with Crippen LogP contribution in [0.4, 0.5) is 5.13 Å². The number of nitrogens with one attached hydrogen (secondary N) is 1. The number of methoxy groups -OCH3 is 3. The molecule has 0 radical (unpaired) electrons. The molecular formula is C22H24N2O5S. The molecule has 0 spiro atoms. The molecule has 7 nitrogen and oxygen atoms in total. The highest BCUT2D eigenvalue weighted by Gasteiger charge is 2.18. The standard InChI is InChI=1S/C22H24N2O5S/c1-5-10-29-16-8-6-14(7-9-16)17-13-30-22(23-17)24-21(25)15-11-18(26-2)20(28-4)19(12-15)27-3/h6-9,11-13H,5,10H2,1-4H3,(H,23,24,25). The summed E-state index contributed by atoms with van der Waals surface area (Å²) in [5.41, 5.74) is 2.10. The highest BCUT2D eigenvalue weighted by atomic mass is 32.1. The van der Waals surface area contributed by atoms with Crippen molar-refractivity contribution in [1.82, 2.24) is 4.98 Å². The van der Waals surface area contributed by atoms with Gasteiger partial charge in [0, 0.05) is 16.5 Å². The molecule has 0 aliphatic heterocycles. The maximum Gasteiger partial charge on any atom is 0.257 e. The second kappa shape index (κ2) is 9.98. The van der Waals surface area contributed by atoms with E-state index in [9.17, 15) is 4.79 Å². The van der Waals surface area contributed by atoms with Gasteiger partial charge in [0.1, 0.15) is 5.75 Å². The molecule has 0 atom stereocenters. The van der Waals surface area contributed by atoms with E-state index >= 15 is 0 Å².